The topological polar surface area (TPSA) is 50.4 Å². The van der Waals surface area contributed by atoms with Crippen LogP contribution in [-0.2, 0) is 4.74 Å². The summed E-state index contributed by atoms with van der Waals surface area (Å²) in [6.45, 7) is 0.565. The fourth-order valence-corrected chi connectivity index (χ4v) is 0.576. The zero-order valence-electron chi connectivity index (χ0n) is 4.60. The maximum atomic E-state index is 10.3. The fraction of sp³-hybridized carbons (Fsp3) is 0.750. The molecule has 0 saturated carbocycles. The number of ether oxygens (including phenoxy) is 1. The van der Waals surface area contributed by atoms with Crippen LogP contribution in [0.4, 0.5) is 4.79 Å². The highest BCUT2D eigenvalue weighted by atomic mass is 16.5. The number of nitrogens with one attached hydrogen (secondary N) is 2. The van der Waals surface area contributed by atoms with Gasteiger partial charge in [0.25, 0.3) is 0 Å². The molecule has 1 heterocycles. The van der Waals surface area contributed by atoms with Crippen molar-refractivity contribution in [2.24, 2.45) is 0 Å². The first-order valence-electron chi connectivity index (χ1n) is 2.40. The molecular weight excluding hydrogens is 108 g/mol. The lowest BCUT2D eigenvalue weighted by molar-refractivity contribution is 0.103. The van der Waals surface area contributed by atoms with Crippen molar-refractivity contribution in [2.75, 3.05) is 13.7 Å². The molecule has 4 nitrogen and oxygen atoms in total. The summed E-state index contributed by atoms with van der Waals surface area (Å²) in [7, 11) is 1.55. The van der Waals surface area contributed by atoms with E-state index in [1.165, 1.54) is 0 Å². The third-order valence-corrected chi connectivity index (χ3v) is 1.02. The van der Waals surface area contributed by atoms with Gasteiger partial charge in [0.2, 0.25) is 0 Å². The van der Waals surface area contributed by atoms with E-state index in [0.29, 0.717) is 6.54 Å². The minimum Gasteiger partial charge on any atom is -0.360 e. The van der Waals surface area contributed by atoms with Crippen molar-refractivity contribution in [1.29, 1.82) is 0 Å². The van der Waals surface area contributed by atoms with Gasteiger partial charge in [-0.25, -0.2) is 4.79 Å². The molecule has 0 aliphatic carbocycles. The Morgan fingerprint density at radius 1 is 1.88 bits per heavy atom. The Balaban J connectivity index is 2.32. The standard InChI is InChI=1S/C4H8N2O2/c1-8-3-2-5-4(7)6-3/h3H,2H2,1H3,(H2,5,6,7). The van der Waals surface area contributed by atoms with Crippen LogP contribution in [-0.4, -0.2) is 25.9 Å². The number of rotatable bonds is 1. The van der Waals surface area contributed by atoms with E-state index >= 15 is 0 Å². The highest BCUT2D eigenvalue weighted by molar-refractivity contribution is 5.76. The van der Waals surface area contributed by atoms with Crippen molar-refractivity contribution >= 4 is 6.03 Å². The molecule has 4 heteroatoms. The number of hydrogen-bond donors (Lipinski definition) is 2. The summed E-state index contributed by atoms with van der Waals surface area (Å²) in [5, 5.41) is 5.08. The van der Waals surface area contributed by atoms with Crippen molar-refractivity contribution in [3.8, 4) is 0 Å². The SMILES string of the molecule is COC1CNC(=O)N1. The quantitative estimate of drug-likeness (QED) is 0.474. The molecule has 8 heavy (non-hydrogen) atoms. The van der Waals surface area contributed by atoms with Crippen LogP contribution < -0.4 is 10.6 Å². The molecular formula is C4H8N2O2. The number of urea groups is 1. The molecule has 0 aromatic heterocycles. The molecule has 1 aliphatic heterocycles. The van der Waals surface area contributed by atoms with Gasteiger partial charge in [-0.15, -0.1) is 0 Å². The summed E-state index contributed by atoms with van der Waals surface area (Å²) in [5.41, 5.74) is 0. The molecule has 1 fully saturated rings. The lowest BCUT2D eigenvalue weighted by atomic mass is 10.6. The van der Waals surface area contributed by atoms with Crippen molar-refractivity contribution in [2.45, 2.75) is 6.23 Å². The van der Waals surface area contributed by atoms with Crippen LogP contribution in [0.3, 0.4) is 0 Å². The number of amides is 2. The van der Waals surface area contributed by atoms with Crippen LogP contribution >= 0.6 is 0 Å². The minimum absolute atomic E-state index is 0.137. The lowest BCUT2D eigenvalue weighted by Gasteiger charge is -2.02. The molecule has 0 aromatic rings. The van der Waals surface area contributed by atoms with Gasteiger partial charge in [0.15, 0.2) is 0 Å². The van der Waals surface area contributed by atoms with Crippen LogP contribution in [0.5, 0.6) is 0 Å². The van der Waals surface area contributed by atoms with E-state index in [-0.39, 0.29) is 12.3 Å². The summed E-state index contributed by atoms with van der Waals surface area (Å²) < 4.78 is 4.79. The highest BCUT2D eigenvalue weighted by Crippen LogP contribution is 1.88. The number of carbonyl (C=O) groups is 1. The van der Waals surface area contributed by atoms with E-state index in [9.17, 15) is 4.79 Å². The van der Waals surface area contributed by atoms with Crippen LogP contribution in [0, 0.1) is 0 Å². The van der Waals surface area contributed by atoms with Gasteiger partial charge in [-0.3, -0.25) is 0 Å². The first kappa shape index (κ1) is 5.37. The molecule has 2 amide bonds. The average molecular weight is 116 g/mol. The second kappa shape index (κ2) is 2.00. The van der Waals surface area contributed by atoms with Gasteiger partial charge in [-0.05, 0) is 0 Å². The van der Waals surface area contributed by atoms with Gasteiger partial charge in [0.1, 0.15) is 6.23 Å². The first-order chi connectivity index (χ1) is 3.83. The largest absolute Gasteiger partial charge is 0.360 e. The summed E-state index contributed by atoms with van der Waals surface area (Å²) in [6, 6.07) is -0.156. The van der Waals surface area contributed by atoms with E-state index in [2.05, 4.69) is 10.6 Å². The molecule has 1 atom stereocenters. The molecule has 0 bridgehead atoms. The summed E-state index contributed by atoms with van der Waals surface area (Å²) in [6.07, 6.45) is -0.137. The van der Waals surface area contributed by atoms with Crippen LogP contribution in [0.25, 0.3) is 0 Å². The van der Waals surface area contributed by atoms with Gasteiger partial charge in [-0.2, -0.15) is 0 Å². The predicted molar refractivity (Wildman–Crippen MR) is 27.3 cm³/mol. The average Bonchev–Trinajstić information content (AvgIpc) is 2.14. The molecule has 1 aliphatic rings. The first-order valence-corrected chi connectivity index (χ1v) is 2.40. The van der Waals surface area contributed by atoms with Crippen LogP contribution in [0.1, 0.15) is 0 Å². The van der Waals surface area contributed by atoms with Crippen molar-refractivity contribution < 1.29 is 9.53 Å². The second-order valence-electron chi connectivity index (χ2n) is 1.58. The Bertz CT molecular complexity index is 104. The smallest absolute Gasteiger partial charge is 0.317 e. The Labute approximate surface area is 47.2 Å². The third-order valence-electron chi connectivity index (χ3n) is 1.02. The maximum absolute atomic E-state index is 10.3. The van der Waals surface area contributed by atoms with Gasteiger partial charge in [-0.1, -0.05) is 0 Å². The van der Waals surface area contributed by atoms with Crippen LogP contribution in [0.2, 0.25) is 0 Å². The molecule has 1 unspecified atom stereocenters. The monoisotopic (exact) mass is 116 g/mol. The zero-order chi connectivity index (χ0) is 5.98. The van der Waals surface area contributed by atoms with E-state index < -0.39 is 0 Å². The van der Waals surface area contributed by atoms with Crippen molar-refractivity contribution in [3.05, 3.63) is 0 Å². The number of carbonyl (C=O) groups excluding carboxylic acids is 1. The Kier molecular flexibility index (Phi) is 1.34. The molecule has 46 valence electrons. The molecule has 2 N–H and O–H groups in total. The van der Waals surface area contributed by atoms with Gasteiger partial charge >= 0.3 is 6.03 Å². The van der Waals surface area contributed by atoms with E-state index in [4.69, 9.17) is 4.74 Å². The maximum Gasteiger partial charge on any atom is 0.317 e. The Morgan fingerprint density at radius 2 is 2.62 bits per heavy atom. The van der Waals surface area contributed by atoms with Crippen LogP contribution in [0.15, 0.2) is 0 Å². The molecule has 0 radical (unpaired) electrons. The Morgan fingerprint density at radius 3 is 2.88 bits per heavy atom. The summed E-state index contributed by atoms with van der Waals surface area (Å²) in [4.78, 5) is 10.3. The molecule has 0 aromatic carbocycles. The molecule has 1 saturated heterocycles. The summed E-state index contributed by atoms with van der Waals surface area (Å²) >= 11 is 0. The minimum atomic E-state index is -0.156. The molecule has 0 spiro atoms. The zero-order valence-corrected chi connectivity index (χ0v) is 4.60. The van der Waals surface area contributed by atoms with E-state index in [0.717, 1.165) is 0 Å². The lowest BCUT2D eigenvalue weighted by Crippen LogP contribution is -2.27. The van der Waals surface area contributed by atoms with E-state index in [1.807, 2.05) is 0 Å². The fourth-order valence-electron chi connectivity index (χ4n) is 0.576. The van der Waals surface area contributed by atoms with Crippen molar-refractivity contribution in [3.63, 3.8) is 0 Å². The predicted octanol–water partition coefficient (Wildman–Crippen LogP) is -0.728. The molecule has 1 rings (SSSR count). The van der Waals surface area contributed by atoms with Gasteiger partial charge in [0.05, 0.1) is 6.54 Å². The third kappa shape index (κ3) is 0.894. The Hall–Kier alpha value is -0.770. The highest BCUT2D eigenvalue weighted by Gasteiger charge is 2.17. The van der Waals surface area contributed by atoms with Gasteiger partial charge in [0, 0.05) is 7.11 Å². The second-order valence-corrected chi connectivity index (χ2v) is 1.58. The number of hydrogen-bond acceptors (Lipinski definition) is 2. The van der Waals surface area contributed by atoms with Gasteiger partial charge < -0.3 is 15.4 Å². The van der Waals surface area contributed by atoms with Crippen molar-refractivity contribution in [1.82, 2.24) is 10.6 Å². The normalized spacial score (nSPS) is 27.1. The summed E-state index contributed by atoms with van der Waals surface area (Å²) in [5.74, 6) is 0. The number of methoxy groups -OCH3 is 1. The van der Waals surface area contributed by atoms with E-state index in [1.54, 1.807) is 7.11 Å².